The third kappa shape index (κ3) is 5.97. The molecule has 0 radical (unpaired) electrons. The van der Waals surface area contributed by atoms with Crippen molar-refractivity contribution >= 4 is 11.5 Å². The highest BCUT2D eigenvalue weighted by atomic mass is 16.5. The molecule has 0 unspecified atom stereocenters. The van der Waals surface area contributed by atoms with Crippen LogP contribution in [0, 0.1) is 0 Å². The lowest BCUT2D eigenvalue weighted by atomic mass is 9.96. The van der Waals surface area contributed by atoms with Gasteiger partial charge in [-0.15, -0.1) is 0 Å². The zero-order valence-electron chi connectivity index (χ0n) is 18.5. The topological polar surface area (TPSA) is 60.9 Å². The zero-order valence-corrected chi connectivity index (χ0v) is 18.5. The molecule has 1 aromatic carbocycles. The maximum absolute atomic E-state index is 11.3. The Kier molecular flexibility index (Phi) is 7.07. The van der Waals surface area contributed by atoms with Crippen molar-refractivity contribution in [2.24, 2.45) is 0 Å². The summed E-state index contributed by atoms with van der Waals surface area (Å²) in [5.74, 6) is 2.02. The Morgan fingerprint density at radius 3 is 2.65 bits per heavy atom. The van der Waals surface area contributed by atoms with Crippen molar-refractivity contribution in [1.29, 1.82) is 0 Å². The third-order valence-corrected chi connectivity index (χ3v) is 6.03. The predicted molar refractivity (Wildman–Crippen MR) is 120 cm³/mol. The minimum atomic E-state index is 0.147. The standard InChI is InChI=1S/C25H32N2O4/c1-18(15-19(2)28)20-3-5-22(6-4-20)30-24-8-12-27(17-24)21-7-11-26-25(16-21)31-23-9-13-29-14-10-23/h3-7,11,16,18,23-24H,8-10,12-15,17H2,1-2H3/t18-,24-/m1/s1. The van der Waals surface area contributed by atoms with Crippen LogP contribution in [0.15, 0.2) is 42.6 Å². The molecular formula is C25H32N2O4. The van der Waals surface area contributed by atoms with Crippen LogP contribution in [0.25, 0.3) is 0 Å². The molecule has 2 saturated heterocycles. The van der Waals surface area contributed by atoms with Crippen molar-refractivity contribution in [2.45, 2.75) is 57.7 Å². The van der Waals surface area contributed by atoms with Crippen molar-refractivity contribution in [1.82, 2.24) is 4.98 Å². The number of carbonyl (C=O) groups is 1. The molecule has 1 aromatic heterocycles. The largest absolute Gasteiger partial charge is 0.489 e. The van der Waals surface area contributed by atoms with Crippen LogP contribution in [0.3, 0.4) is 0 Å². The first kappa shape index (κ1) is 21.6. The van der Waals surface area contributed by atoms with Crippen molar-refractivity contribution in [3.05, 3.63) is 48.2 Å². The van der Waals surface area contributed by atoms with Gasteiger partial charge in [-0.2, -0.15) is 0 Å². The van der Waals surface area contributed by atoms with Crippen LogP contribution in [0.5, 0.6) is 11.6 Å². The molecule has 0 aliphatic carbocycles. The van der Waals surface area contributed by atoms with Crippen molar-refractivity contribution in [2.75, 3.05) is 31.2 Å². The molecule has 0 bridgehead atoms. The Morgan fingerprint density at radius 1 is 1.13 bits per heavy atom. The molecule has 6 heteroatoms. The number of ether oxygens (including phenoxy) is 3. The Bertz CT molecular complexity index is 864. The second kappa shape index (κ2) is 10.1. The quantitative estimate of drug-likeness (QED) is 0.627. The molecule has 31 heavy (non-hydrogen) atoms. The Hall–Kier alpha value is -2.60. The lowest BCUT2D eigenvalue weighted by molar-refractivity contribution is -0.117. The summed E-state index contributed by atoms with van der Waals surface area (Å²) in [7, 11) is 0. The fraction of sp³-hybridized carbons (Fsp3) is 0.520. The van der Waals surface area contributed by atoms with Crippen LogP contribution in [0.4, 0.5) is 5.69 Å². The number of carbonyl (C=O) groups excluding carboxylic acids is 1. The molecular weight excluding hydrogens is 392 g/mol. The highest BCUT2D eigenvalue weighted by Crippen LogP contribution is 2.28. The Balaban J connectivity index is 1.31. The lowest BCUT2D eigenvalue weighted by Crippen LogP contribution is -2.27. The number of anilines is 1. The van der Waals surface area contributed by atoms with Gasteiger partial charge in [-0.05, 0) is 36.6 Å². The van der Waals surface area contributed by atoms with Gasteiger partial charge in [0.15, 0.2) is 0 Å². The fourth-order valence-corrected chi connectivity index (χ4v) is 4.30. The second-order valence-electron chi connectivity index (χ2n) is 8.63. The molecule has 0 amide bonds. The molecule has 166 valence electrons. The first-order valence-electron chi connectivity index (χ1n) is 11.3. The van der Waals surface area contributed by atoms with Crippen molar-refractivity contribution in [3.63, 3.8) is 0 Å². The fourth-order valence-electron chi connectivity index (χ4n) is 4.30. The van der Waals surface area contributed by atoms with E-state index >= 15 is 0 Å². The first-order chi connectivity index (χ1) is 15.1. The summed E-state index contributed by atoms with van der Waals surface area (Å²) in [6.07, 6.45) is 5.53. The maximum Gasteiger partial charge on any atom is 0.215 e. The monoisotopic (exact) mass is 424 g/mol. The average Bonchev–Trinajstić information content (AvgIpc) is 3.23. The molecule has 2 aliphatic rings. The van der Waals surface area contributed by atoms with E-state index in [4.69, 9.17) is 14.2 Å². The third-order valence-electron chi connectivity index (χ3n) is 6.03. The van der Waals surface area contributed by atoms with Crippen LogP contribution < -0.4 is 14.4 Å². The molecule has 2 atom stereocenters. The number of hydrogen-bond acceptors (Lipinski definition) is 6. The summed E-state index contributed by atoms with van der Waals surface area (Å²) >= 11 is 0. The molecule has 4 rings (SSSR count). The summed E-state index contributed by atoms with van der Waals surface area (Å²) < 4.78 is 17.7. The van der Waals surface area contributed by atoms with Gasteiger partial charge in [-0.1, -0.05) is 19.1 Å². The molecule has 6 nitrogen and oxygen atoms in total. The van der Waals surface area contributed by atoms with E-state index in [1.165, 1.54) is 5.56 Å². The van der Waals surface area contributed by atoms with Crippen LogP contribution in [-0.4, -0.2) is 49.3 Å². The summed E-state index contributed by atoms with van der Waals surface area (Å²) in [4.78, 5) is 18.1. The highest BCUT2D eigenvalue weighted by Gasteiger charge is 2.25. The molecule has 2 aromatic rings. The molecule has 0 spiro atoms. The summed E-state index contributed by atoms with van der Waals surface area (Å²) in [5.41, 5.74) is 2.29. The number of nitrogens with zero attached hydrogens (tertiary/aromatic N) is 2. The minimum Gasteiger partial charge on any atom is -0.489 e. The second-order valence-corrected chi connectivity index (χ2v) is 8.63. The smallest absolute Gasteiger partial charge is 0.215 e. The van der Waals surface area contributed by atoms with E-state index in [0.29, 0.717) is 12.3 Å². The maximum atomic E-state index is 11.3. The predicted octanol–water partition coefficient (Wildman–Crippen LogP) is 4.38. The van der Waals surface area contributed by atoms with Gasteiger partial charge in [0, 0.05) is 50.2 Å². The number of aromatic nitrogens is 1. The first-order valence-corrected chi connectivity index (χ1v) is 11.3. The van der Waals surface area contributed by atoms with Gasteiger partial charge < -0.3 is 23.9 Å². The lowest BCUT2D eigenvalue weighted by Gasteiger charge is -2.24. The number of Topliss-reactive ketones (excluding diaryl/α,β-unsaturated/α-hetero) is 1. The van der Waals surface area contributed by atoms with Crippen molar-refractivity contribution < 1.29 is 19.0 Å². The zero-order chi connectivity index (χ0) is 21.6. The number of pyridine rings is 1. The van der Waals surface area contributed by atoms with E-state index in [1.54, 1.807) is 6.92 Å². The Morgan fingerprint density at radius 2 is 1.90 bits per heavy atom. The highest BCUT2D eigenvalue weighted by molar-refractivity contribution is 5.76. The number of hydrogen-bond donors (Lipinski definition) is 0. The molecule has 2 fully saturated rings. The van der Waals surface area contributed by atoms with Gasteiger partial charge in [-0.3, -0.25) is 0 Å². The van der Waals surface area contributed by atoms with Crippen LogP contribution >= 0.6 is 0 Å². The van der Waals surface area contributed by atoms with Crippen LogP contribution in [-0.2, 0) is 9.53 Å². The van der Waals surface area contributed by atoms with Gasteiger partial charge in [-0.25, -0.2) is 4.98 Å². The minimum absolute atomic E-state index is 0.147. The van der Waals surface area contributed by atoms with E-state index < -0.39 is 0 Å². The van der Waals surface area contributed by atoms with E-state index in [1.807, 2.05) is 30.5 Å². The molecule has 0 N–H and O–H groups in total. The SMILES string of the molecule is CC(=O)C[C@@H](C)c1ccc(O[C@@H]2CCN(c3ccnc(OC4CCOCC4)c3)C2)cc1. The van der Waals surface area contributed by atoms with Gasteiger partial charge >= 0.3 is 0 Å². The van der Waals surface area contributed by atoms with Gasteiger partial charge in [0.25, 0.3) is 0 Å². The van der Waals surface area contributed by atoms with E-state index in [0.717, 1.165) is 57.0 Å². The molecule has 2 aliphatic heterocycles. The molecule has 3 heterocycles. The Labute approximate surface area is 184 Å². The normalized spacial score (nSPS) is 20.5. The van der Waals surface area contributed by atoms with Crippen LogP contribution in [0.2, 0.25) is 0 Å². The number of benzene rings is 1. The van der Waals surface area contributed by atoms with E-state index in [9.17, 15) is 4.79 Å². The van der Waals surface area contributed by atoms with E-state index in [2.05, 4.69) is 28.9 Å². The van der Waals surface area contributed by atoms with Crippen LogP contribution in [0.1, 0.15) is 51.0 Å². The van der Waals surface area contributed by atoms with Crippen molar-refractivity contribution in [3.8, 4) is 11.6 Å². The van der Waals surface area contributed by atoms with Gasteiger partial charge in [0.1, 0.15) is 23.7 Å². The number of ketones is 1. The average molecular weight is 425 g/mol. The summed E-state index contributed by atoms with van der Waals surface area (Å²) in [6, 6.07) is 12.2. The number of rotatable bonds is 8. The van der Waals surface area contributed by atoms with Gasteiger partial charge in [0.2, 0.25) is 5.88 Å². The summed E-state index contributed by atoms with van der Waals surface area (Å²) in [5, 5.41) is 0. The molecule has 0 saturated carbocycles. The van der Waals surface area contributed by atoms with Gasteiger partial charge in [0.05, 0.1) is 19.8 Å². The summed E-state index contributed by atoms with van der Waals surface area (Å²) in [6.45, 7) is 7.02. The van der Waals surface area contributed by atoms with E-state index in [-0.39, 0.29) is 23.9 Å².